The van der Waals surface area contributed by atoms with Crippen LogP contribution in [-0.2, 0) is 76.0 Å². The Balaban J connectivity index is 6.25. The van der Waals surface area contributed by atoms with E-state index in [-0.39, 0.29) is 79.3 Å². The first-order valence-corrected chi connectivity index (χ1v) is 23.2. The molecule has 388 valence electrons. The minimum Gasteiger partial charge on any atom is -0.462 e. The van der Waals surface area contributed by atoms with Crippen LogP contribution < -0.4 is 0 Å². The van der Waals surface area contributed by atoms with E-state index in [0.717, 1.165) is 24.3 Å². The van der Waals surface area contributed by atoms with Crippen molar-refractivity contribution in [2.24, 2.45) is 5.41 Å². The van der Waals surface area contributed by atoms with E-state index in [4.69, 9.17) is 56.8 Å². The van der Waals surface area contributed by atoms with Gasteiger partial charge in [0.2, 0.25) is 0 Å². The van der Waals surface area contributed by atoms with Crippen LogP contribution >= 0.6 is 0 Å². The second kappa shape index (κ2) is 31.6. The van der Waals surface area contributed by atoms with Crippen LogP contribution in [0.3, 0.4) is 0 Å². The Hall–Kier alpha value is -3.48. The molecule has 16 nitrogen and oxygen atoms in total. The van der Waals surface area contributed by atoms with Gasteiger partial charge in [-0.2, -0.15) is 0 Å². The Bertz CT molecular complexity index is 1390. The lowest BCUT2D eigenvalue weighted by molar-refractivity contribution is -0.174. The first-order valence-electron chi connectivity index (χ1n) is 23.2. The Morgan fingerprint density at radius 1 is 0.313 bits per heavy atom. The van der Waals surface area contributed by atoms with Crippen LogP contribution in [0.5, 0.6) is 0 Å². The fourth-order valence-corrected chi connectivity index (χ4v) is 5.68. The monoisotopic (exact) mass is 957 g/mol. The smallest absolute Gasteiger partial charge is 0.330 e. The molecular formula is C51H88O16. The number of ether oxygens (including phenoxy) is 12. The molecule has 0 saturated carbocycles. The molecule has 0 bridgehead atoms. The van der Waals surface area contributed by atoms with E-state index >= 15 is 0 Å². The molecule has 0 fully saturated rings. The van der Waals surface area contributed by atoms with Crippen LogP contribution in [-0.4, -0.2) is 150 Å². The third-order valence-electron chi connectivity index (χ3n) is 10.6. The van der Waals surface area contributed by atoms with Crippen molar-refractivity contribution in [3.8, 4) is 0 Å². The average molecular weight is 957 g/mol. The molecule has 0 rings (SSSR count). The largest absolute Gasteiger partial charge is 0.462 e. The highest BCUT2D eigenvalue weighted by Crippen LogP contribution is 2.30. The lowest BCUT2D eigenvalue weighted by Crippen LogP contribution is -2.47. The van der Waals surface area contributed by atoms with Gasteiger partial charge in [-0.1, -0.05) is 26.3 Å². The highest BCUT2D eigenvalue weighted by atomic mass is 16.6. The summed E-state index contributed by atoms with van der Waals surface area (Å²) in [6.45, 7) is 40.5. The average Bonchev–Trinajstić information content (AvgIpc) is 3.23. The minimum atomic E-state index is -0.832. The van der Waals surface area contributed by atoms with Gasteiger partial charge < -0.3 is 56.8 Å². The topological polar surface area (TPSA) is 179 Å². The molecule has 16 heteroatoms. The maximum atomic E-state index is 11.6. The van der Waals surface area contributed by atoms with E-state index in [9.17, 15) is 19.2 Å². The van der Waals surface area contributed by atoms with Gasteiger partial charge in [0.1, 0.15) is 0 Å². The molecule has 0 atom stereocenters. The van der Waals surface area contributed by atoms with Gasteiger partial charge in [-0.25, -0.2) is 19.2 Å². The molecule has 0 aliphatic rings. The lowest BCUT2D eigenvalue weighted by Gasteiger charge is -2.39. The quantitative estimate of drug-likeness (QED) is 0.0248. The Morgan fingerprint density at radius 2 is 0.537 bits per heavy atom. The zero-order valence-electron chi connectivity index (χ0n) is 43.3. The normalized spacial score (nSPS) is 12.8. The summed E-state index contributed by atoms with van der Waals surface area (Å²) in [5.41, 5.74) is -4.44. The minimum absolute atomic E-state index is 0.181. The highest BCUT2D eigenvalue weighted by Gasteiger charge is 2.38. The molecule has 0 aliphatic heterocycles. The summed E-state index contributed by atoms with van der Waals surface area (Å²) < 4.78 is 71.6. The summed E-state index contributed by atoms with van der Waals surface area (Å²) in [5, 5.41) is 0. The summed E-state index contributed by atoms with van der Waals surface area (Å²) in [4.78, 5) is 46.2. The molecule has 0 aromatic heterocycles. The second-order valence-electron chi connectivity index (χ2n) is 20.1. The number of carbonyl (C=O) groups excluding carboxylic acids is 4. The van der Waals surface area contributed by atoms with Gasteiger partial charge in [-0.15, -0.1) is 0 Å². The van der Waals surface area contributed by atoms with Gasteiger partial charge >= 0.3 is 23.9 Å². The van der Waals surface area contributed by atoms with Crippen molar-refractivity contribution >= 4 is 23.9 Å². The first-order chi connectivity index (χ1) is 31.1. The van der Waals surface area contributed by atoms with E-state index in [1.165, 1.54) is 0 Å². The fourth-order valence-electron chi connectivity index (χ4n) is 5.68. The summed E-state index contributed by atoms with van der Waals surface area (Å²) in [5.74, 6) is -1.94. The molecule has 0 aliphatic carbocycles. The Morgan fingerprint density at radius 3 is 0.791 bits per heavy atom. The number of esters is 4. The maximum Gasteiger partial charge on any atom is 0.330 e. The number of hydrogen-bond acceptors (Lipinski definition) is 16. The van der Waals surface area contributed by atoms with Crippen molar-refractivity contribution in [3.05, 3.63) is 50.6 Å². The molecule has 0 heterocycles. The van der Waals surface area contributed by atoms with E-state index in [1.807, 2.05) is 83.1 Å². The van der Waals surface area contributed by atoms with Gasteiger partial charge in [0.15, 0.2) is 0 Å². The van der Waals surface area contributed by atoms with Crippen molar-refractivity contribution in [1.29, 1.82) is 0 Å². The van der Waals surface area contributed by atoms with Gasteiger partial charge in [-0.3, -0.25) is 0 Å². The Labute approximate surface area is 402 Å². The molecule has 0 aromatic carbocycles. The van der Waals surface area contributed by atoms with Gasteiger partial charge in [0.25, 0.3) is 0 Å². The molecule has 0 unspecified atom stereocenters. The van der Waals surface area contributed by atoms with Gasteiger partial charge in [0.05, 0.1) is 132 Å². The number of carbonyl (C=O) groups is 4. The summed E-state index contributed by atoms with van der Waals surface area (Å²) in [7, 11) is 0. The molecule has 0 N–H and O–H groups in total. The third kappa shape index (κ3) is 33.6. The van der Waals surface area contributed by atoms with Crippen LogP contribution in [0, 0.1) is 5.41 Å². The first kappa shape index (κ1) is 63.5. The van der Waals surface area contributed by atoms with Crippen molar-refractivity contribution in [1.82, 2.24) is 0 Å². The third-order valence-corrected chi connectivity index (χ3v) is 10.6. The standard InChI is InChI=1S/C51H88O16/c1-17-41(52)58-27-21-45(5,6)62-31-25-49(13,14)66-39-51(37-56-33-35-64-47(9,10)23-29-60-43(54)19-3,38-57-34-36-65-48(11,12)24-30-61-44(55)20-4)40-67-50(15,16)26-32-63-46(7,8)22-28-59-42(53)18-2/h17-20H,1-4,21-40H2,5-16H3. The molecule has 0 radical (unpaired) electrons. The fraction of sp³-hybridized carbons (Fsp3) is 0.765. The van der Waals surface area contributed by atoms with E-state index in [1.54, 1.807) is 0 Å². The van der Waals surface area contributed by atoms with Crippen molar-refractivity contribution in [2.45, 2.75) is 155 Å². The number of hydrogen-bond donors (Lipinski definition) is 0. The van der Waals surface area contributed by atoms with Crippen molar-refractivity contribution in [2.75, 3.05) is 92.5 Å². The van der Waals surface area contributed by atoms with Crippen LogP contribution in [0.2, 0.25) is 0 Å². The zero-order valence-corrected chi connectivity index (χ0v) is 43.3. The van der Waals surface area contributed by atoms with Crippen LogP contribution in [0.1, 0.15) is 122 Å². The predicted octanol–water partition coefficient (Wildman–Crippen LogP) is 8.03. The van der Waals surface area contributed by atoms with Crippen LogP contribution in [0.4, 0.5) is 0 Å². The highest BCUT2D eigenvalue weighted by molar-refractivity contribution is 5.82. The summed E-state index contributed by atoms with van der Waals surface area (Å²) in [6, 6.07) is 0. The van der Waals surface area contributed by atoms with E-state index < -0.39 is 62.9 Å². The summed E-state index contributed by atoms with van der Waals surface area (Å²) >= 11 is 0. The van der Waals surface area contributed by atoms with E-state index in [2.05, 4.69) is 26.3 Å². The molecule has 0 saturated heterocycles. The molecule has 0 spiro atoms. The van der Waals surface area contributed by atoms with Crippen LogP contribution in [0.15, 0.2) is 50.6 Å². The van der Waals surface area contributed by atoms with Gasteiger partial charge in [0, 0.05) is 50.0 Å². The lowest BCUT2D eigenvalue weighted by atomic mass is 9.90. The van der Waals surface area contributed by atoms with Crippen LogP contribution in [0.25, 0.3) is 0 Å². The van der Waals surface area contributed by atoms with Gasteiger partial charge in [-0.05, 0) is 95.9 Å². The zero-order chi connectivity index (χ0) is 51.3. The van der Waals surface area contributed by atoms with Crippen molar-refractivity contribution in [3.63, 3.8) is 0 Å². The number of rotatable bonds is 42. The molecule has 67 heavy (non-hydrogen) atoms. The Kier molecular flexibility index (Phi) is 30.0. The maximum absolute atomic E-state index is 11.6. The predicted molar refractivity (Wildman–Crippen MR) is 257 cm³/mol. The SMILES string of the molecule is C=CC(=O)OCCC(C)(C)OCCOCC(COCCOC(C)(C)CCOC(=O)C=C)(COC(C)(C)CCOC(C)(C)CCOC(=O)C=C)COC(C)(C)CCOC(C)(C)CCOC(=O)C=C. The molecule has 0 aromatic rings. The second-order valence-corrected chi connectivity index (χ2v) is 20.1. The van der Waals surface area contributed by atoms with Crippen molar-refractivity contribution < 1.29 is 76.0 Å². The molecular weight excluding hydrogens is 869 g/mol. The molecule has 0 amide bonds. The van der Waals surface area contributed by atoms with E-state index in [0.29, 0.717) is 51.7 Å². The summed E-state index contributed by atoms with van der Waals surface area (Å²) in [6.07, 6.45) is 7.55.